The Kier molecular flexibility index (Phi) is 3.34. The summed E-state index contributed by atoms with van der Waals surface area (Å²) in [6, 6.07) is 5.72. The second-order valence-electron chi connectivity index (χ2n) is 4.77. The maximum Gasteiger partial charge on any atom is 0.242 e. The Bertz CT molecular complexity index is 378. The molecule has 0 amide bonds. The van der Waals surface area contributed by atoms with Crippen molar-refractivity contribution >= 4 is 14.1 Å². The number of Topliss-reactive ketones (excluding diaryl/α,β-unsaturated/α-hetero) is 1. The number of ketones is 1. The predicted octanol–water partition coefficient (Wildman–Crippen LogP) is 3.41. The van der Waals surface area contributed by atoms with E-state index in [0.29, 0.717) is 5.56 Å². The fraction of sp³-hybridized carbons (Fsp3) is 0.417. The van der Waals surface area contributed by atoms with Crippen LogP contribution in [0.2, 0.25) is 19.6 Å². The molecule has 0 saturated heterocycles. The summed E-state index contributed by atoms with van der Waals surface area (Å²) in [4.78, 5) is 11.4. The molecule has 0 aromatic heterocycles. The highest BCUT2D eigenvalue weighted by Gasteiger charge is 2.19. The minimum atomic E-state index is -1.65. The van der Waals surface area contributed by atoms with Gasteiger partial charge in [0, 0.05) is 0 Å². The molecule has 0 saturated carbocycles. The van der Waals surface area contributed by atoms with E-state index >= 15 is 0 Å². The van der Waals surface area contributed by atoms with E-state index in [-0.39, 0.29) is 5.78 Å². The molecule has 0 bridgehead atoms. The van der Waals surface area contributed by atoms with Crippen LogP contribution >= 0.6 is 0 Å². The summed E-state index contributed by atoms with van der Waals surface area (Å²) in [5.74, 6) is 0.796. The molecule has 1 rings (SSSR count). The van der Waals surface area contributed by atoms with Crippen molar-refractivity contribution in [2.75, 3.05) is 0 Å². The number of carbonyl (C=O) groups excluding carboxylic acids is 1. The average Bonchev–Trinajstić information content (AvgIpc) is 1.99. The second-order valence-corrected chi connectivity index (χ2v) is 9.20. The van der Waals surface area contributed by atoms with E-state index in [1.54, 1.807) is 6.92 Å². The lowest BCUT2D eigenvalue weighted by Crippen LogP contribution is -2.30. The summed E-state index contributed by atoms with van der Waals surface area (Å²) in [6.45, 7) is 9.90. The van der Waals surface area contributed by atoms with Crippen LogP contribution in [0.15, 0.2) is 18.2 Å². The monoisotopic (exact) mass is 222 g/mol. The lowest BCUT2D eigenvalue weighted by atomic mass is 10.1. The molecule has 0 fully saturated rings. The molecule has 3 heteroatoms. The third-order valence-electron chi connectivity index (χ3n) is 1.93. The quantitative estimate of drug-likeness (QED) is 0.578. The minimum absolute atomic E-state index is 0.0586. The molecule has 0 N–H and O–H groups in total. The van der Waals surface area contributed by atoms with E-state index in [1.807, 2.05) is 25.1 Å². The van der Waals surface area contributed by atoms with Crippen molar-refractivity contribution in [3.8, 4) is 5.75 Å². The Morgan fingerprint density at radius 1 is 1.27 bits per heavy atom. The van der Waals surface area contributed by atoms with Gasteiger partial charge in [0.15, 0.2) is 5.78 Å². The highest BCUT2D eigenvalue weighted by atomic mass is 28.4. The first-order chi connectivity index (χ1) is 6.79. The van der Waals surface area contributed by atoms with Crippen LogP contribution in [0.5, 0.6) is 5.75 Å². The van der Waals surface area contributed by atoms with E-state index in [4.69, 9.17) is 4.43 Å². The lowest BCUT2D eigenvalue weighted by Gasteiger charge is -2.21. The molecule has 0 unspecified atom stereocenters. The van der Waals surface area contributed by atoms with Crippen molar-refractivity contribution in [3.63, 3.8) is 0 Å². The maximum atomic E-state index is 11.4. The third-order valence-corrected chi connectivity index (χ3v) is 2.76. The van der Waals surface area contributed by atoms with Crippen molar-refractivity contribution < 1.29 is 9.22 Å². The molecule has 1 aromatic rings. The van der Waals surface area contributed by atoms with Gasteiger partial charge in [0.25, 0.3) is 0 Å². The van der Waals surface area contributed by atoms with Gasteiger partial charge in [-0.15, -0.1) is 0 Å². The molecule has 0 aliphatic carbocycles. The van der Waals surface area contributed by atoms with Crippen LogP contribution in [0.1, 0.15) is 22.8 Å². The molecule has 0 heterocycles. The van der Waals surface area contributed by atoms with E-state index in [1.165, 1.54) is 0 Å². The van der Waals surface area contributed by atoms with Crippen molar-refractivity contribution in [1.82, 2.24) is 0 Å². The SMILES string of the molecule is CC(=O)c1ccc(C)cc1O[Si](C)(C)C. The predicted molar refractivity (Wildman–Crippen MR) is 65.2 cm³/mol. The van der Waals surface area contributed by atoms with Gasteiger partial charge in [-0.1, -0.05) is 6.07 Å². The molecular formula is C12H18O2Si. The summed E-state index contributed by atoms with van der Waals surface area (Å²) in [5.41, 5.74) is 1.80. The van der Waals surface area contributed by atoms with E-state index in [9.17, 15) is 4.79 Å². The number of hydrogen-bond donors (Lipinski definition) is 0. The van der Waals surface area contributed by atoms with Crippen molar-refractivity contribution in [3.05, 3.63) is 29.3 Å². The van der Waals surface area contributed by atoms with Crippen molar-refractivity contribution in [1.29, 1.82) is 0 Å². The fourth-order valence-corrected chi connectivity index (χ4v) is 2.16. The van der Waals surface area contributed by atoms with Gasteiger partial charge < -0.3 is 4.43 Å². The van der Waals surface area contributed by atoms with E-state index < -0.39 is 8.32 Å². The average molecular weight is 222 g/mol. The number of rotatable bonds is 3. The van der Waals surface area contributed by atoms with Crippen LogP contribution in [0, 0.1) is 6.92 Å². The van der Waals surface area contributed by atoms with Crippen molar-refractivity contribution in [2.24, 2.45) is 0 Å². The van der Waals surface area contributed by atoms with Crippen LogP contribution in [-0.2, 0) is 0 Å². The zero-order valence-corrected chi connectivity index (χ0v) is 11.0. The molecule has 2 nitrogen and oxygen atoms in total. The van der Waals surface area contributed by atoms with Crippen LogP contribution in [0.25, 0.3) is 0 Å². The zero-order valence-electron chi connectivity index (χ0n) is 10.0. The van der Waals surface area contributed by atoms with Gasteiger partial charge in [-0.05, 0) is 51.2 Å². The normalized spacial score (nSPS) is 11.3. The van der Waals surface area contributed by atoms with Crippen LogP contribution in [0.4, 0.5) is 0 Å². The minimum Gasteiger partial charge on any atom is -0.544 e. The first-order valence-electron chi connectivity index (χ1n) is 5.10. The Balaban J connectivity index is 3.13. The van der Waals surface area contributed by atoms with Gasteiger partial charge in [0.1, 0.15) is 5.75 Å². The van der Waals surface area contributed by atoms with Gasteiger partial charge in [-0.25, -0.2) is 0 Å². The van der Waals surface area contributed by atoms with Crippen LogP contribution in [-0.4, -0.2) is 14.1 Å². The Labute approximate surface area is 92.4 Å². The summed E-state index contributed by atoms with van der Waals surface area (Å²) in [5, 5.41) is 0. The summed E-state index contributed by atoms with van der Waals surface area (Å²) < 4.78 is 5.89. The fourth-order valence-electron chi connectivity index (χ4n) is 1.33. The Morgan fingerprint density at radius 2 is 1.87 bits per heavy atom. The first kappa shape index (κ1) is 12.0. The molecule has 0 spiro atoms. The number of carbonyl (C=O) groups is 1. The Hall–Kier alpha value is -1.09. The molecule has 1 aromatic carbocycles. The number of hydrogen-bond acceptors (Lipinski definition) is 2. The standard InChI is InChI=1S/C12H18O2Si/c1-9-6-7-11(10(2)13)12(8-9)14-15(3,4)5/h6-8H,1-5H3. The maximum absolute atomic E-state index is 11.4. The largest absolute Gasteiger partial charge is 0.544 e. The van der Waals surface area contributed by atoms with Gasteiger partial charge in [-0.2, -0.15) is 0 Å². The van der Waals surface area contributed by atoms with Crippen molar-refractivity contribution in [2.45, 2.75) is 33.5 Å². The topological polar surface area (TPSA) is 26.3 Å². The van der Waals surface area contributed by atoms with Gasteiger partial charge in [0.05, 0.1) is 5.56 Å². The second kappa shape index (κ2) is 4.19. The summed E-state index contributed by atoms with van der Waals surface area (Å²) in [7, 11) is -1.65. The van der Waals surface area contributed by atoms with Gasteiger partial charge in [-0.3, -0.25) is 4.79 Å². The molecule has 82 valence electrons. The van der Waals surface area contributed by atoms with Gasteiger partial charge in [0.2, 0.25) is 8.32 Å². The highest BCUT2D eigenvalue weighted by molar-refractivity contribution is 6.70. The van der Waals surface area contributed by atoms with Crippen LogP contribution in [0.3, 0.4) is 0 Å². The molecular weight excluding hydrogens is 204 g/mol. The summed E-state index contributed by atoms with van der Waals surface area (Å²) in [6.07, 6.45) is 0. The van der Waals surface area contributed by atoms with E-state index in [0.717, 1.165) is 11.3 Å². The smallest absolute Gasteiger partial charge is 0.242 e. The first-order valence-corrected chi connectivity index (χ1v) is 8.51. The summed E-state index contributed by atoms with van der Waals surface area (Å²) >= 11 is 0. The number of aryl methyl sites for hydroxylation is 1. The third kappa shape index (κ3) is 3.51. The molecule has 15 heavy (non-hydrogen) atoms. The number of benzene rings is 1. The lowest BCUT2D eigenvalue weighted by molar-refractivity contribution is 0.101. The molecule has 0 aliphatic rings. The molecule has 0 radical (unpaired) electrons. The Morgan fingerprint density at radius 3 is 2.33 bits per heavy atom. The zero-order chi connectivity index (χ0) is 11.6. The molecule has 0 atom stereocenters. The van der Waals surface area contributed by atoms with Crippen LogP contribution < -0.4 is 4.43 Å². The van der Waals surface area contributed by atoms with E-state index in [2.05, 4.69) is 19.6 Å². The van der Waals surface area contributed by atoms with Gasteiger partial charge >= 0.3 is 0 Å². The highest BCUT2D eigenvalue weighted by Crippen LogP contribution is 2.23. The molecule has 0 aliphatic heterocycles.